The van der Waals surface area contributed by atoms with E-state index in [-0.39, 0.29) is 0 Å². The van der Waals surface area contributed by atoms with Crippen molar-refractivity contribution in [3.63, 3.8) is 0 Å². The van der Waals surface area contributed by atoms with Gasteiger partial charge in [0, 0.05) is 24.7 Å². The molecule has 0 aliphatic heterocycles. The van der Waals surface area contributed by atoms with Crippen molar-refractivity contribution in [3.8, 4) is 0 Å². The third-order valence-corrected chi connectivity index (χ3v) is 5.02. The van der Waals surface area contributed by atoms with Gasteiger partial charge in [0.25, 0.3) is 0 Å². The molecule has 3 aromatic heterocycles. The Bertz CT molecular complexity index is 1030. The number of rotatable bonds is 5. The van der Waals surface area contributed by atoms with Gasteiger partial charge in [-0.15, -0.1) is 6.58 Å². The summed E-state index contributed by atoms with van der Waals surface area (Å²) in [6.07, 6.45) is 6.04. The summed E-state index contributed by atoms with van der Waals surface area (Å²) < 4.78 is 4.28. The van der Waals surface area contributed by atoms with Gasteiger partial charge < -0.3 is 8.97 Å². The van der Waals surface area contributed by atoms with Crippen LogP contribution in [0.15, 0.2) is 66.6 Å². The zero-order valence-electron chi connectivity index (χ0n) is 13.5. The number of aromatic nitrogens is 4. The molecule has 0 saturated carbocycles. The van der Waals surface area contributed by atoms with Crippen LogP contribution in [0, 0.1) is 6.92 Å². The van der Waals surface area contributed by atoms with E-state index in [1.54, 1.807) is 11.8 Å². The number of aryl methyl sites for hydroxylation is 1. The molecule has 0 atom stereocenters. The number of fused-ring (bicyclic) bond motifs is 2. The van der Waals surface area contributed by atoms with E-state index in [9.17, 15) is 0 Å². The number of thioether (sulfide) groups is 1. The van der Waals surface area contributed by atoms with E-state index in [1.807, 2.05) is 36.5 Å². The van der Waals surface area contributed by atoms with Crippen molar-refractivity contribution in [2.75, 3.05) is 0 Å². The highest BCUT2D eigenvalue weighted by Crippen LogP contribution is 2.27. The fourth-order valence-electron chi connectivity index (χ4n) is 2.88. The number of nitrogens with zero attached hydrogens (tertiary/aromatic N) is 4. The molecule has 0 fully saturated rings. The van der Waals surface area contributed by atoms with Crippen LogP contribution in [0.2, 0.25) is 0 Å². The average molecular weight is 334 g/mol. The molecule has 0 bridgehead atoms. The number of benzene rings is 1. The van der Waals surface area contributed by atoms with Gasteiger partial charge in [-0.05, 0) is 30.7 Å². The van der Waals surface area contributed by atoms with Crippen molar-refractivity contribution in [1.82, 2.24) is 18.9 Å². The highest BCUT2D eigenvalue weighted by atomic mass is 32.2. The molecule has 0 aliphatic carbocycles. The minimum absolute atomic E-state index is 0.757. The van der Waals surface area contributed by atoms with E-state index in [2.05, 4.69) is 40.8 Å². The molecule has 1 aromatic carbocycles. The third kappa shape index (κ3) is 2.61. The van der Waals surface area contributed by atoms with Gasteiger partial charge in [0.2, 0.25) is 0 Å². The standard InChI is InChI=1S/C19H18N4S/c1-3-10-23-17-9-5-4-8-16(17)21-19(23)24-13-15-12-22-11-6-7-14(2)18(22)20-15/h3-9,11-12H,1,10,13H2,2H3. The molecule has 0 amide bonds. The zero-order valence-corrected chi connectivity index (χ0v) is 14.3. The van der Waals surface area contributed by atoms with Crippen LogP contribution in [0.3, 0.4) is 0 Å². The smallest absolute Gasteiger partial charge is 0.169 e. The number of allylic oxidation sites excluding steroid dienone is 1. The summed E-state index contributed by atoms with van der Waals surface area (Å²) in [7, 11) is 0. The minimum Gasteiger partial charge on any atom is -0.315 e. The van der Waals surface area contributed by atoms with E-state index < -0.39 is 0 Å². The second kappa shape index (κ2) is 6.17. The van der Waals surface area contributed by atoms with Crippen LogP contribution in [-0.4, -0.2) is 18.9 Å². The SMILES string of the molecule is C=CCn1c(SCc2cn3cccc(C)c3n2)nc2ccccc21. The summed E-state index contributed by atoms with van der Waals surface area (Å²) in [6.45, 7) is 6.71. The van der Waals surface area contributed by atoms with E-state index in [0.717, 1.165) is 39.8 Å². The molecule has 24 heavy (non-hydrogen) atoms. The van der Waals surface area contributed by atoms with Crippen molar-refractivity contribution in [2.45, 2.75) is 24.4 Å². The highest BCUT2D eigenvalue weighted by Gasteiger charge is 2.11. The largest absolute Gasteiger partial charge is 0.315 e. The van der Waals surface area contributed by atoms with Crippen molar-refractivity contribution in [2.24, 2.45) is 0 Å². The van der Waals surface area contributed by atoms with Crippen molar-refractivity contribution in [3.05, 3.63) is 72.7 Å². The Hall–Kier alpha value is -2.53. The second-order valence-electron chi connectivity index (χ2n) is 5.73. The molecule has 4 aromatic rings. The van der Waals surface area contributed by atoms with E-state index in [0.29, 0.717) is 0 Å². The van der Waals surface area contributed by atoms with Crippen LogP contribution in [0.5, 0.6) is 0 Å². The molecule has 0 spiro atoms. The number of hydrogen-bond donors (Lipinski definition) is 0. The molecular weight excluding hydrogens is 316 g/mol. The lowest BCUT2D eigenvalue weighted by molar-refractivity contribution is 0.748. The minimum atomic E-state index is 0.757. The van der Waals surface area contributed by atoms with Crippen LogP contribution in [0.1, 0.15) is 11.3 Å². The number of imidazole rings is 2. The molecule has 0 radical (unpaired) electrons. The topological polar surface area (TPSA) is 35.1 Å². The summed E-state index contributed by atoms with van der Waals surface area (Å²) in [6, 6.07) is 12.3. The first-order chi connectivity index (χ1) is 11.8. The fraction of sp³-hybridized carbons (Fsp3) is 0.158. The van der Waals surface area contributed by atoms with Gasteiger partial charge in [0.1, 0.15) is 5.65 Å². The van der Waals surface area contributed by atoms with E-state index in [4.69, 9.17) is 9.97 Å². The number of pyridine rings is 1. The first-order valence-corrected chi connectivity index (χ1v) is 8.87. The summed E-state index contributed by atoms with van der Waals surface area (Å²) >= 11 is 1.72. The van der Waals surface area contributed by atoms with Crippen molar-refractivity contribution >= 4 is 28.4 Å². The van der Waals surface area contributed by atoms with Gasteiger partial charge in [0.05, 0.1) is 16.7 Å². The zero-order chi connectivity index (χ0) is 16.5. The summed E-state index contributed by atoms with van der Waals surface area (Å²) in [4.78, 5) is 9.50. The molecule has 3 heterocycles. The highest BCUT2D eigenvalue weighted by molar-refractivity contribution is 7.98. The molecular formula is C19H18N4S. The van der Waals surface area contributed by atoms with Gasteiger partial charge in [0.15, 0.2) is 5.16 Å². The lowest BCUT2D eigenvalue weighted by Crippen LogP contribution is -1.97. The van der Waals surface area contributed by atoms with Crippen LogP contribution in [0.4, 0.5) is 0 Å². The average Bonchev–Trinajstić information content (AvgIpc) is 3.16. The third-order valence-electron chi connectivity index (χ3n) is 4.01. The summed E-state index contributed by atoms with van der Waals surface area (Å²) in [5, 5.41) is 1.00. The normalized spacial score (nSPS) is 11.4. The maximum Gasteiger partial charge on any atom is 0.169 e. The predicted molar refractivity (Wildman–Crippen MR) is 99.4 cm³/mol. The summed E-state index contributed by atoms with van der Waals surface area (Å²) in [5.74, 6) is 0.793. The fourth-order valence-corrected chi connectivity index (χ4v) is 3.79. The maximum absolute atomic E-state index is 4.76. The first-order valence-electron chi connectivity index (χ1n) is 7.88. The Morgan fingerprint density at radius 2 is 2.04 bits per heavy atom. The predicted octanol–water partition coefficient (Wildman–Crippen LogP) is 4.47. The van der Waals surface area contributed by atoms with Crippen LogP contribution in [-0.2, 0) is 12.3 Å². The molecule has 4 nitrogen and oxygen atoms in total. The number of hydrogen-bond acceptors (Lipinski definition) is 3. The number of para-hydroxylation sites is 2. The van der Waals surface area contributed by atoms with Crippen molar-refractivity contribution in [1.29, 1.82) is 0 Å². The Kier molecular flexibility index (Phi) is 3.86. The molecule has 4 rings (SSSR count). The monoisotopic (exact) mass is 334 g/mol. The first kappa shape index (κ1) is 15.0. The summed E-state index contributed by atoms with van der Waals surface area (Å²) in [5.41, 5.74) is 5.44. The van der Waals surface area contributed by atoms with Crippen LogP contribution >= 0.6 is 11.8 Å². The molecule has 0 N–H and O–H groups in total. The van der Waals surface area contributed by atoms with Crippen molar-refractivity contribution < 1.29 is 0 Å². The van der Waals surface area contributed by atoms with Crippen LogP contribution in [0.25, 0.3) is 16.7 Å². The molecule has 0 unspecified atom stereocenters. The van der Waals surface area contributed by atoms with E-state index in [1.165, 1.54) is 5.56 Å². The lowest BCUT2D eigenvalue weighted by atomic mass is 10.3. The van der Waals surface area contributed by atoms with Gasteiger partial charge in [-0.1, -0.05) is 36.0 Å². The Morgan fingerprint density at radius 1 is 1.17 bits per heavy atom. The molecule has 5 heteroatoms. The quantitative estimate of drug-likeness (QED) is 0.399. The Balaban J connectivity index is 1.65. The van der Waals surface area contributed by atoms with Gasteiger partial charge >= 0.3 is 0 Å². The second-order valence-corrected chi connectivity index (χ2v) is 6.67. The maximum atomic E-state index is 4.76. The van der Waals surface area contributed by atoms with Gasteiger partial charge in [-0.2, -0.15) is 0 Å². The molecule has 0 aliphatic rings. The molecule has 120 valence electrons. The van der Waals surface area contributed by atoms with Gasteiger partial charge in [-0.25, -0.2) is 9.97 Å². The lowest BCUT2D eigenvalue weighted by Gasteiger charge is -2.04. The van der Waals surface area contributed by atoms with E-state index >= 15 is 0 Å². The van der Waals surface area contributed by atoms with Crippen LogP contribution < -0.4 is 0 Å². The Morgan fingerprint density at radius 3 is 2.88 bits per heavy atom. The van der Waals surface area contributed by atoms with Gasteiger partial charge in [-0.3, -0.25) is 0 Å². The Labute approximate surface area is 144 Å². The molecule has 0 saturated heterocycles.